The molecule has 3 rings (SSSR count). The Kier molecular flexibility index (Phi) is 6.42. The van der Waals surface area contributed by atoms with Crippen LogP contribution in [0.15, 0.2) is 34.9 Å². The Balaban J connectivity index is 1.57. The molecule has 8 nitrogen and oxygen atoms in total. The van der Waals surface area contributed by atoms with E-state index >= 15 is 0 Å². The van der Waals surface area contributed by atoms with Gasteiger partial charge in [-0.3, -0.25) is 14.5 Å². The van der Waals surface area contributed by atoms with Crippen LogP contribution in [0.2, 0.25) is 0 Å². The molecule has 29 heavy (non-hydrogen) atoms. The maximum absolute atomic E-state index is 12.7. The molecular weight excluding hydrogens is 386 g/mol. The molecule has 2 amide bonds. The van der Waals surface area contributed by atoms with Crippen molar-refractivity contribution in [3.05, 3.63) is 41.7 Å². The normalized spacial score (nSPS) is 16.0. The number of carbonyl (C=O) groups is 2. The number of alkyl halides is 2. The van der Waals surface area contributed by atoms with Crippen LogP contribution in [0.4, 0.5) is 14.6 Å². The Hall–Kier alpha value is -3.01. The number of hydrogen-bond acceptors (Lipinski definition) is 6. The van der Waals surface area contributed by atoms with E-state index in [0.29, 0.717) is 37.8 Å². The second-order valence-corrected chi connectivity index (χ2v) is 6.69. The van der Waals surface area contributed by atoms with E-state index < -0.39 is 12.7 Å². The highest BCUT2D eigenvalue weighted by Crippen LogP contribution is 2.23. The maximum Gasteiger partial charge on any atom is 0.387 e. The molecular formula is C19H22F2N4O4. The minimum atomic E-state index is -3.01. The number of nitrogens with one attached hydrogen (secondary N) is 1. The molecule has 2 aromatic rings. The average molecular weight is 408 g/mol. The summed E-state index contributed by atoms with van der Waals surface area (Å²) >= 11 is 0. The Bertz CT molecular complexity index is 865. The standard InChI is InChI=1S/C19H22F2N4O4/c1-12-11-16(23-29-12)22-17(26)13(2)24-7-9-25(10-8-24)18(27)14-5-3-4-6-15(14)28-19(20)21/h3-6,11,13,19H,7-10H2,1-2H3,(H,22,23,26). The van der Waals surface area contributed by atoms with Crippen LogP contribution in [0.1, 0.15) is 23.0 Å². The first kappa shape index (κ1) is 20.7. The summed E-state index contributed by atoms with van der Waals surface area (Å²) in [6.45, 7) is 2.16. The van der Waals surface area contributed by atoms with Crippen LogP contribution < -0.4 is 10.1 Å². The lowest BCUT2D eigenvalue weighted by atomic mass is 10.1. The quantitative estimate of drug-likeness (QED) is 0.790. The Labute approximate surface area is 166 Å². The highest BCUT2D eigenvalue weighted by atomic mass is 19.3. The molecule has 1 unspecified atom stereocenters. The van der Waals surface area contributed by atoms with Gasteiger partial charge in [-0.15, -0.1) is 0 Å². The lowest BCUT2D eigenvalue weighted by Gasteiger charge is -2.37. The summed E-state index contributed by atoms with van der Waals surface area (Å²) in [6, 6.07) is 7.12. The topological polar surface area (TPSA) is 87.9 Å². The summed E-state index contributed by atoms with van der Waals surface area (Å²) in [5.74, 6) is 0.190. The number of aryl methyl sites for hydroxylation is 1. The van der Waals surface area contributed by atoms with Gasteiger partial charge in [0, 0.05) is 32.2 Å². The van der Waals surface area contributed by atoms with E-state index in [0.717, 1.165) is 0 Å². The summed E-state index contributed by atoms with van der Waals surface area (Å²) in [7, 11) is 0. The zero-order valence-electron chi connectivity index (χ0n) is 16.1. The zero-order chi connectivity index (χ0) is 21.0. The molecule has 1 saturated heterocycles. The minimum absolute atomic E-state index is 0.0912. The van der Waals surface area contributed by atoms with E-state index in [1.165, 1.54) is 18.2 Å². The third-order valence-electron chi connectivity index (χ3n) is 4.74. The first-order chi connectivity index (χ1) is 13.8. The van der Waals surface area contributed by atoms with Crippen molar-refractivity contribution in [2.75, 3.05) is 31.5 Å². The largest absolute Gasteiger partial charge is 0.434 e. The van der Waals surface area contributed by atoms with Gasteiger partial charge in [0.25, 0.3) is 5.91 Å². The Morgan fingerprint density at radius 1 is 1.21 bits per heavy atom. The number of anilines is 1. The predicted octanol–water partition coefficient (Wildman–Crippen LogP) is 2.37. The molecule has 1 aromatic carbocycles. The van der Waals surface area contributed by atoms with Gasteiger partial charge in [0.2, 0.25) is 5.91 Å². The van der Waals surface area contributed by atoms with E-state index in [1.807, 2.05) is 4.90 Å². The van der Waals surface area contributed by atoms with Crippen LogP contribution in [-0.4, -0.2) is 65.6 Å². The van der Waals surface area contributed by atoms with Gasteiger partial charge in [0.15, 0.2) is 5.82 Å². The van der Waals surface area contributed by atoms with Crippen LogP contribution in [0, 0.1) is 6.92 Å². The van der Waals surface area contributed by atoms with E-state index in [9.17, 15) is 18.4 Å². The SMILES string of the molecule is Cc1cc(NC(=O)C(C)N2CCN(C(=O)c3ccccc3OC(F)F)CC2)no1. The van der Waals surface area contributed by atoms with Crippen LogP contribution in [-0.2, 0) is 4.79 Å². The number of halogens is 2. The molecule has 0 bridgehead atoms. The number of rotatable bonds is 6. The lowest BCUT2D eigenvalue weighted by Crippen LogP contribution is -2.54. The number of nitrogens with zero attached hydrogens (tertiary/aromatic N) is 3. The molecule has 1 aliphatic heterocycles. The zero-order valence-corrected chi connectivity index (χ0v) is 16.1. The van der Waals surface area contributed by atoms with Crippen LogP contribution in [0.3, 0.4) is 0 Å². The number of amides is 2. The smallest absolute Gasteiger partial charge is 0.387 e. The van der Waals surface area contributed by atoms with Crippen LogP contribution in [0.5, 0.6) is 5.75 Å². The lowest BCUT2D eigenvalue weighted by molar-refractivity contribution is -0.121. The molecule has 0 spiro atoms. The predicted molar refractivity (Wildman–Crippen MR) is 99.9 cm³/mol. The number of carbonyl (C=O) groups excluding carboxylic acids is 2. The summed E-state index contributed by atoms with van der Waals surface area (Å²) < 4.78 is 34.5. The Morgan fingerprint density at radius 2 is 1.90 bits per heavy atom. The van der Waals surface area contributed by atoms with Crippen LogP contribution in [0.25, 0.3) is 0 Å². The number of hydrogen-bond donors (Lipinski definition) is 1. The second-order valence-electron chi connectivity index (χ2n) is 6.69. The summed E-state index contributed by atoms with van der Waals surface area (Å²) in [5.41, 5.74) is 0.0912. The molecule has 1 N–H and O–H groups in total. The van der Waals surface area contributed by atoms with Crippen molar-refractivity contribution in [1.29, 1.82) is 0 Å². The molecule has 10 heteroatoms. The monoisotopic (exact) mass is 408 g/mol. The van der Waals surface area contributed by atoms with Crippen molar-refractivity contribution in [2.45, 2.75) is 26.5 Å². The highest BCUT2D eigenvalue weighted by molar-refractivity contribution is 5.97. The molecule has 1 fully saturated rings. The van der Waals surface area contributed by atoms with Crippen molar-refractivity contribution in [3.8, 4) is 5.75 Å². The van der Waals surface area contributed by atoms with Crippen molar-refractivity contribution in [2.24, 2.45) is 0 Å². The van der Waals surface area contributed by atoms with Gasteiger partial charge in [0.05, 0.1) is 11.6 Å². The third kappa shape index (κ3) is 5.08. The molecule has 1 aromatic heterocycles. The van der Waals surface area contributed by atoms with Gasteiger partial charge in [-0.2, -0.15) is 8.78 Å². The maximum atomic E-state index is 12.7. The van der Waals surface area contributed by atoms with Gasteiger partial charge < -0.3 is 19.5 Å². The van der Waals surface area contributed by atoms with E-state index in [4.69, 9.17) is 4.52 Å². The molecule has 2 heterocycles. The fraction of sp³-hybridized carbons (Fsp3) is 0.421. The fourth-order valence-corrected chi connectivity index (χ4v) is 3.15. The third-order valence-corrected chi connectivity index (χ3v) is 4.74. The summed E-state index contributed by atoms with van der Waals surface area (Å²) in [5, 5.41) is 6.43. The Morgan fingerprint density at radius 3 is 2.52 bits per heavy atom. The number of para-hydroxylation sites is 1. The molecule has 156 valence electrons. The number of aromatic nitrogens is 1. The van der Waals surface area contributed by atoms with Crippen LogP contribution >= 0.6 is 0 Å². The van der Waals surface area contributed by atoms with Gasteiger partial charge in [-0.1, -0.05) is 17.3 Å². The first-order valence-corrected chi connectivity index (χ1v) is 9.16. The van der Waals surface area contributed by atoms with Crippen molar-refractivity contribution >= 4 is 17.6 Å². The van der Waals surface area contributed by atoms with E-state index in [1.54, 1.807) is 30.9 Å². The molecule has 0 aliphatic carbocycles. The highest BCUT2D eigenvalue weighted by Gasteiger charge is 2.29. The second kappa shape index (κ2) is 8.99. The molecule has 0 saturated carbocycles. The van der Waals surface area contributed by atoms with Gasteiger partial charge in [-0.05, 0) is 26.0 Å². The van der Waals surface area contributed by atoms with E-state index in [-0.39, 0.29) is 23.1 Å². The summed E-state index contributed by atoms with van der Waals surface area (Å²) in [4.78, 5) is 28.6. The number of ether oxygens (including phenoxy) is 1. The van der Waals surface area contributed by atoms with Crippen molar-refractivity contribution in [1.82, 2.24) is 15.0 Å². The van der Waals surface area contributed by atoms with Gasteiger partial charge in [-0.25, -0.2) is 0 Å². The number of benzene rings is 1. The van der Waals surface area contributed by atoms with Gasteiger partial charge >= 0.3 is 6.61 Å². The number of piperazine rings is 1. The molecule has 1 aliphatic rings. The fourth-order valence-electron chi connectivity index (χ4n) is 3.15. The van der Waals surface area contributed by atoms with Crippen molar-refractivity contribution < 1.29 is 27.6 Å². The molecule has 1 atom stereocenters. The van der Waals surface area contributed by atoms with Gasteiger partial charge in [0.1, 0.15) is 11.5 Å². The van der Waals surface area contributed by atoms with E-state index in [2.05, 4.69) is 15.2 Å². The first-order valence-electron chi connectivity index (χ1n) is 9.16. The molecule has 0 radical (unpaired) electrons. The van der Waals surface area contributed by atoms with Crippen molar-refractivity contribution in [3.63, 3.8) is 0 Å². The summed E-state index contributed by atoms with van der Waals surface area (Å²) in [6.07, 6.45) is 0. The minimum Gasteiger partial charge on any atom is -0.434 e. The average Bonchev–Trinajstić information content (AvgIpc) is 3.11.